The molecule has 2 fully saturated rings. The molecule has 8 heteroatoms. The molecule has 0 aromatic heterocycles. The van der Waals surface area contributed by atoms with Crippen molar-refractivity contribution in [3.05, 3.63) is 38.8 Å². The minimum absolute atomic E-state index is 0.0172. The lowest BCUT2D eigenvalue weighted by Crippen LogP contribution is -2.30. The van der Waals surface area contributed by atoms with Crippen molar-refractivity contribution in [3.8, 4) is 0 Å². The summed E-state index contributed by atoms with van der Waals surface area (Å²) in [5.41, 5.74) is 1.63. The van der Waals surface area contributed by atoms with E-state index in [9.17, 15) is 14.9 Å². The van der Waals surface area contributed by atoms with Gasteiger partial charge in [0.05, 0.1) is 9.83 Å². The molecule has 0 aliphatic carbocycles. The minimum Gasteiger partial charge on any atom is -0.371 e. The van der Waals surface area contributed by atoms with Gasteiger partial charge in [0.15, 0.2) is 0 Å². The molecule has 2 heterocycles. The zero-order valence-electron chi connectivity index (χ0n) is 12.3. The number of nitro benzene ring substituents is 1. The van der Waals surface area contributed by atoms with Crippen LogP contribution in [0, 0.1) is 10.1 Å². The molecule has 6 nitrogen and oxygen atoms in total. The summed E-state index contributed by atoms with van der Waals surface area (Å²) < 4.78 is 0.409. The number of piperidine rings is 1. The van der Waals surface area contributed by atoms with Crippen molar-refractivity contribution in [3.63, 3.8) is 0 Å². The fraction of sp³-hybridized carbons (Fsp3) is 0.333. The number of benzene rings is 1. The second-order valence-electron chi connectivity index (χ2n) is 5.40. The Morgan fingerprint density at radius 3 is 2.65 bits per heavy atom. The number of amides is 1. The molecule has 0 radical (unpaired) electrons. The summed E-state index contributed by atoms with van der Waals surface area (Å²) in [6, 6.07) is 4.80. The molecule has 2 aliphatic heterocycles. The van der Waals surface area contributed by atoms with Crippen molar-refractivity contribution >= 4 is 51.7 Å². The van der Waals surface area contributed by atoms with E-state index >= 15 is 0 Å². The maximum Gasteiger partial charge on any atom is 0.270 e. The average Bonchev–Trinajstić information content (AvgIpc) is 2.85. The molecule has 1 aromatic carbocycles. The average molecular weight is 349 g/mol. The molecule has 1 N–H and O–H groups in total. The molecule has 120 valence electrons. The van der Waals surface area contributed by atoms with E-state index < -0.39 is 4.92 Å². The maximum absolute atomic E-state index is 11.9. The van der Waals surface area contributed by atoms with Crippen LogP contribution >= 0.6 is 24.0 Å². The van der Waals surface area contributed by atoms with Gasteiger partial charge in [-0.25, -0.2) is 0 Å². The summed E-state index contributed by atoms with van der Waals surface area (Å²) in [7, 11) is 0. The number of nitrogens with zero attached hydrogens (tertiary/aromatic N) is 2. The van der Waals surface area contributed by atoms with Crippen molar-refractivity contribution < 1.29 is 9.72 Å². The summed E-state index contributed by atoms with van der Waals surface area (Å²) in [5, 5.41) is 13.6. The van der Waals surface area contributed by atoms with Gasteiger partial charge in [-0.2, -0.15) is 0 Å². The third-order valence-electron chi connectivity index (χ3n) is 3.85. The van der Waals surface area contributed by atoms with E-state index in [1.807, 2.05) is 0 Å². The highest BCUT2D eigenvalue weighted by atomic mass is 32.2. The molecule has 0 atom stereocenters. The monoisotopic (exact) mass is 349 g/mol. The van der Waals surface area contributed by atoms with Crippen LogP contribution in [0.1, 0.15) is 24.8 Å². The van der Waals surface area contributed by atoms with E-state index in [-0.39, 0.29) is 11.6 Å². The summed E-state index contributed by atoms with van der Waals surface area (Å²) >= 11 is 6.17. The second-order valence-corrected chi connectivity index (χ2v) is 7.12. The Morgan fingerprint density at radius 1 is 1.30 bits per heavy atom. The van der Waals surface area contributed by atoms with Gasteiger partial charge in [-0.3, -0.25) is 14.9 Å². The van der Waals surface area contributed by atoms with Gasteiger partial charge in [-0.05, 0) is 31.4 Å². The molecule has 0 bridgehead atoms. The molecule has 23 heavy (non-hydrogen) atoms. The van der Waals surface area contributed by atoms with Gasteiger partial charge in [0.2, 0.25) is 0 Å². The quantitative estimate of drug-likeness (QED) is 0.391. The largest absolute Gasteiger partial charge is 0.371 e. The molecular formula is C15H15N3O3S2. The topological polar surface area (TPSA) is 75.5 Å². The van der Waals surface area contributed by atoms with Crippen LogP contribution in [0.2, 0.25) is 0 Å². The van der Waals surface area contributed by atoms with E-state index in [2.05, 4.69) is 10.2 Å². The van der Waals surface area contributed by atoms with E-state index in [4.69, 9.17) is 12.2 Å². The van der Waals surface area contributed by atoms with Crippen LogP contribution in [0.3, 0.4) is 0 Å². The Balaban J connectivity index is 2.02. The first-order valence-corrected chi connectivity index (χ1v) is 8.55. The smallest absolute Gasteiger partial charge is 0.270 e. The van der Waals surface area contributed by atoms with Gasteiger partial charge < -0.3 is 10.2 Å². The number of anilines is 1. The van der Waals surface area contributed by atoms with Crippen molar-refractivity contribution in [2.24, 2.45) is 0 Å². The van der Waals surface area contributed by atoms with E-state index in [1.54, 1.807) is 12.1 Å². The molecule has 0 saturated carbocycles. The summed E-state index contributed by atoms with van der Waals surface area (Å²) in [4.78, 5) is 25.2. The number of rotatable bonds is 3. The van der Waals surface area contributed by atoms with Crippen LogP contribution < -0.4 is 10.2 Å². The third kappa shape index (κ3) is 3.53. The summed E-state index contributed by atoms with van der Waals surface area (Å²) in [5.74, 6) is -0.254. The standard InChI is InChI=1S/C15H15N3O3S2/c19-14-13(23-15(22)16-14)9-10-8-11(18(20)21)4-5-12(10)17-6-2-1-3-7-17/h4-5,8-9H,1-3,6-7H2,(H,16,19,22)/b13-9+. The Bertz CT molecular complexity index is 712. The molecule has 0 spiro atoms. The van der Waals surface area contributed by atoms with Crippen LogP contribution in [0.25, 0.3) is 6.08 Å². The highest BCUT2D eigenvalue weighted by Gasteiger charge is 2.24. The van der Waals surface area contributed by atoms with E-state index in [0.717, 1.165) is 31.6 Å². The van der Waals surface area contributed by atoms with E-state index in [1.165, 1.54) is 30.3 Å². The highest BCUT2D eigenvalue weighted by molar-refractivity contribution is 8.26. The zero-order valence-corrected chi connectivity index (χ0v) is 13.9. The third-order valence-corrected chi connectivity index (χ3v) is 5.01. The molecule has 2 aliphatic rings. The number of carbonyl (C=O) groups excluding carboxylic acids is 1. The van der Waals surface area contributed by atoms with Crippen molar-refractivity contribution in [1.29, 1.82) is 0 Å². The first-order chi connectivity index (χ1) is 11.0. The molecule has 0 unspecified atom stereocenters. The van der Waals surface area contributed by atoms with Crippen molar-refractivity contribution in [2.45, 2.75) is 19.3 Å². The maximum atomic E-state index is 11.9. The number of non-ortho nitro benzene ring substituents is 1. The summed E-state index contributed by atoms with van der Waals surface area (Å²) in [6.07, 6.45) is 5.10. The molecule has 2 saturated heterocycles. The Morgan fingerprint density at radius 2 is 2.04 bits per heavy atom. The number of hydrogen-bond donors (Lipinski definition) is 1. The van der Waals surface area contributed by atoms with Gasteiger partial charge >= 0.3 is 0 Å². The summed E-state index contributed by atoms with van der Waals surface area (Å²) in [6.45, 7) is 1.84. The molecular weight excluding hydrogens is 334 g/mol. The fourth-order valence-corrected chi connectivity index (χ4v) is 3.79. The lowest BCUT2D eigenvalue weighted by atomic mass is 10.1. The van der Waals surface area contributed by atoms with Crippen LogP contribution in [0.4, 0.5) is 11.4 Å². The number of thiocarbonyl (C=S) groups is 1. The second kappa shape index (κ2) is 6.67. The first-order valence-electron chi connectivity index (χ1n) is 7.33. The van der Waals surface area contributed by atoms with Crippen molar-refractivity contribution in [1.82, 2.24) is 5.32 Å². The number of carbonyl (C=O) groups is 1. The normalized spacial score (nSPS) is 20.0. The van der Waals surface area contributed by atoms with Crippen LogP contribution in [0.5, 0.6) is 0 Å². The number of nitrogens with one attached hydrogen (secondary N) is 1. The van der Waals surface area contributed by atoms with Gasteiger partial charge in [0.1, 0.15) is 4.32 Å². The highest BCUT2D eigenvalue weighted by Crippen LogP contribution is 2.33. The van der Waals surface area contributed by atoms with E-state index in [0.29, 0.717) is 14.8 Å². The molecule has 3 rings (SSSR count). The fourth-order valence-electron chi connectivity index (χ4n) is 2.76. The lowest BCUT2D eigenvalue weighted by Gasteiger charge is -2.30. The Labute approximate surface area is 143 Å². The van der Waals surface area contributed by atoms with Gasteiger partial charge in [-0.15, -0.1) is 0 Å². The SMILES string of the molecule is O=C1NC(=S)S/C1=C/c1cc([N+](=O)[O-])ccc1N1CCCCC1. The van der Waals surface area contributed by atoms with Gasteiger partial charge in [0, 0.05) is 36.5 Å². The van der Waals surface area contributed by atoms with Crippen LogP contribution in [0.15, 0.2) is 23.1 Å². The molecule has 1 aromatic rings. The number of thioether (sulfide) groups is 1. The van der Waals surface area contributed by atoms with Gasteiger partial charge in [0.25, 0.3) is 11.6 Å². The Kier molecular flexibility index (Phi) is 4.63. The van der Waals surface area contributed by atoms with Crippen molar-refractivity contribution in [2.75, 3.05) is 18.0 Å². The van der Waals surface area contributed by atoms with Crippen LogP contribution in [-0.2, 0) is 4.79 Å². The number of hydrogen-bond acceptors (Lipinski definition) is 6. The Hall–Kier alpha value is -1.93. The van der Waals surface area contributed by atoms with Crippen LogP contribution in [-0.4, -0.2) is 28.2 Å². The number of nitro groups is 1. The predicted molar refractivity (Wildman–Crippen MR) is 95.5 cm³/mol. The lowest BCUT2D eigenvalue weighted by molar-refractivity contribution is -0.384. The van der Waals surface area contributed by atoms with Gasteiger partial charge in [-0.1, -0.05) is 24.0 Å². The minimum atomic E-state index is -0.422. The molecule has 1 amide bonds. The predicted octanol–water partition coefficient (Wildman–Crippen LogP) is 3.07. The zero-order chi connectivity index (χ0) is 16.4. The first kappa shape index (κ1) is 15.9.